The molecule has 2 N–H and O–H groups in total. The highest BCUT2D eigenvalue weighted by Gasteiger charge is 2.36. The molecule has 0 saturated carbocycles. The first-order valence-electron chi connectivity index (χ1n) is 8.75. The second-order valence-electron chi connectivity index (χ2n) is 6.49. The summed E-state index contributed by atoms with van der Waals surface area (Å²) in [5.74, 6) is 0.419. The molecule has 0 aliphatic carbocycles. The number of alkyl halides is 1. The predicted molar refractivity (Wildman–Crippen MR) is 96.3 cm³/mol. The molecule has 0 aliphatic heterocycles. The van der Waals surface area contributed by atoms with Crippen LogP contribution in [0.5, 0.6) is 11.5 Å². The summed E-state index contributed by atoms with van der Waals surface area (Å²) in [5, 5.41) is 19.3. The number of halogens is 1. The third-order valence-electron chi connectivity index (χ3n) is 4.81. The van der Waals surface area contributed by atoms with Gasteiger partial charge in [-0.15, -0.1) is 0 Å². The maximum atomic E-state index is 14.5. The van der Waals surface area contributed by atoms with Crippen LogP contribution < -0.4 is 0 Å². The molecule has 0 saturated heterocycles. The number of phenolic OH excluding ortho intramolecular Hbond substituents is 2. The molecule has 0 aromatic heterocycles. The first kappa shape index (κ1) is 18.3. The Bertz CT molecular complexity index is 574. The van der Waals surface area contributed by atoms with Crippen LogP contribution in [0.3, 0.4) is 0 Å². The van der Waals surface area contributed by atoms with E-state index < -0.39 is 11.6 Å². The fraction of sp³-hybridized carbons (Fsp3) is 0.429. The van der Waals surface area contributed by atoms with Crippen molar-refractivity contribution in [3.63, 3.8) is 0 Å². The van der Waals surface area contributed by atoms with Gasteiger partial charge in [-0.3, -0.25) is 0 Å². The van der Waals surface area contributed by atoms with Gasteiger partial charge in [0.15, 0.2) is 0 Å². The highest BCUT2D eigenvalue weighted by Crippen LogP contribution is 2.43. The average molecular weight is 330 g/mol. The molecule has 0 spiro atoms. The molecule has 0 heterocycles. The van der Waals surface area contributed by atoms with Gasteiger partial charge >= 0.3 is 0 Å². The molecule has 130 valence electrons. The van der Waals surface area contributed by atoms with Crippen molar-refractivity contribution in [3.05, 3.63) is 59.7 Å². The van der Waals surface area contributed by atoms with Crippen LogP contribution in [0.4, 0.5) is 4.39 Å². The highest BCUT2D eigenvalue weighted by molar-refractivity contribution is 5.43. The van der Waals surface area contributed by atoms with E-state index in [1.807, 2.05) is 31.2 Å². The molecule has 1 atom stereocenters. The Kier molecular flexibility index (Phi) is 6.24. The number of hydrogen-bond acceptors (Lipinski definition) is 2. The lowest BCUT2D eigenvalue weighted by Gasteiger charge is -2.36. The standard InChI is InChI=1S/C21H27FO2/c1-3-5-14-21(15-18(22)4-2,16-6-10-19(23)11-7-16)17-8-12-20(24)13-9-17/h6-13,18,23-24H,3-5,14-15H2,1-2H3. The van der Waals surface area contributed by atoms with E-state index in [1.54, 1.807) is 24.3 Å². The lowest BCUT2D eigenvalue weighted by atomic mass is 9.67. The largest absolute Gasteiger partial charge is 0.508 e. The lowest BCUT2D eigenvalue weighted by molar-refractivity contribution is 0.244. The van der Waals surface area contributed by atoms with E-state index in [0.717, 1.165) is 30.4 Å². The molecule has 2 aromatic rings. The fourth-order valence-corrected chi connectivity index (χ4v) is 3.36. The van der Waals surface area contributed by atoms with Gasteiger partial charge in [-0.1, -0.05) is 51.0 Å². The fourth-order valence-electron chi connectivity index (χ4n) is 3.36. The Balaban J connectivity index is 2.57. The summed E-state index contributed by atoms with van der Waals surface area (Å²) in [4.78, 5) is 0. The Labute approximate surface area is 144 Å². The van der Waals surface area contributed by atoms with Crippen molar-refractivity contribution in [1.29, 1.82) is 0 Å². The predicted octanol–water partition coefficient (Wildman–Crippen LogP) is 5.71. The van der Waals surface area contributed by atoms with Crippen LogP contribution in [0.2, 0.25) is 0 Å². The van der Waals surface area contributed by atoms with Gasteiger partial charge in [0, 0.05) is 5.41 Å². The molecule has 2 nitrogen and oxygen atoms in total. The number of phenols is 2. The molecule has 0 aliphatic rings. The van der Waals surface area contributed by atoms with E-state index in [-0.39, 0.29) is 11.5 Å². The molecule has 2 rings (SSSR count). The average Bonchev–Trinajstić information content (AvgIpc) is 2.60. The summed E-state index contributed by atoms with van der Waals surface area (Å²) in [6, 6.07) is 14.2. The zero-order valence-corrected chi connectivity index (χ0v) is 14.5. The first-order chi connectivity index (χ1) is 11.5. The van der Waals surface area contributed by atoms with Gasteiger partial charge in [0.2, 0.25) is 0 Å². The summed E-state index contributed by atoms with van der Waals surface area (Å²) in [5.41, 5.74) is 1.57. The van der Waals surface area contributed by atoms with Crippen LogP contribution >= 0.6 is 0 Å². The van der Waals surface area contributed by atoms with Crippen molar-refractivity contribution in [1.82, 2.24) is 0 Å². The van der Waals surface area contributed by atoms with Gasteiger partial charge in [-0.05, 0) is 54.7 Å². The van der Waals surface area contributed by atoms with Crippen LogP contribution in [0, 0.1) is 0 Å². The Morgan fingerprint density at radius 3 is 1.71 bits per heavy atom. The molecular weight excluding hydrogens is 303 g/mol. The van der Waals surface area contributed by atoms with E-state index in [9.17, 15) is 14.6 Å². The van der Waals surface area contributed by atoms with Crippen molar-refractivity contribution >= 4 is 0 Å². The summed E-state index contributed by atoms with van der Waals surface area (Å²) in [7, 11) is 0. The zero-order chi connectivity index (χ0) is 17.6. The molecular formula is C21H27FO2. The molecule has 0 fully saturated rings. The number of aromatic hydroxyl groups is 2. The highest BCUT2D eigenvalue weighted by atomic mass is 19.1. The minimum Gasteiger partial charge on any atom is -0.508 e. The maximum Gasteiger partial charge on any atom is 0.115 e. The zero-order valence-electron chi connectivity index (χ0n) is 14.5. The summed E-state index contributed by atoms with van der Waals surface area (Å²) in [6.45, 7) is 3.99. The topological polar surface area (TPSA) is 40.5 Å². The molecule has 2 aromatic carbocycles. The van der Waals surface area contributed by atoms with Gasteiger partial charge in [0.25, 0.3) is 0 Å². The third kappa shape index (κ3) is 4.08. The van der Waals surface area contributed by atoms with Crippen molar-refractivity contribution in [2.24, 2.45) is 0 Å². The third-order valence-corrected chi connectivity index (χ3v) is 4.81. The first-order valence-corrected chi connectivity index (χ1v) is 8.75. The number of hydrogen-bond donors (Lipinski definition) is 2. The monoisotopic (exact) mass is 330 g/mol. The van der Waals surface area contributed by atoms with Gasteiger partial charge in [0.1, 0.15) is 17.7 Å². The minimum atomic E-state index is -0.899. The molecule has 0 amide bonds. The molecule has 24 heavy (non-hydrogen) atoms. The molecule has 1 unspecified atom stereocenters. The van der Waals surface area contributed by atoms with Crippen molar-refractivity contribution < 1.29 is 14.6 Å². The molecule has 3 heteroatoms. The van der Waals surface area contributed by atoms with Crippen molar-refractivity contribution in [3.8, 4) is 11.5 Å². The van der Waals surface area contributed by atoms with Crippen LogP contribution in [-0.4, -0.2) is 16.4 Å². The Hall–Kier alpha value is -2.03. The van der Waals surface area contributed by atoms with Gasteiger partial charge in [0.05, 0.1) is 0 Å². The minimum absolute atomic E-state index is 0.209. The lowest BCUT2D eigenvalue weighted by Crippen LogP contribution is -2.31. The Morgan fingerprint density at radius 2 is 1.33 bits per heavy atom. The summed E-state index contributed by atoms with van der Waals surface area (Å²) >= 11 is 0. The van der Waals surface area contributed by atoms with E-state index >= 15 is 0 Å². The summed E-state index contributed by atoms with van der Waals surface area (Å²) in [6.07, 6.45) is 2.83. The second-order valence-corrected chi connectivity index (χ2v) is 6.49. The van der Waals surface area contributed by atoms with Gasteiger partial charge < -0.3 is 10.2 Å². The van der Waals surface area contributed by atoms with Crippen molar-refractivity contribution in [2.75, 3.05) is 0 Å². The maximum absolute atomic E-state index is 14.5. The van der Waals surface area contributed by atoms with E-state index in [1.165, 1.54) is 0 Å². The van der Waals surface area contributed by atoms with Crippen LogP contribution in [0.1, 0.15) is 57.1 Å². The van der Waals surface area contributed by atoms with Gasteiger partial charge in [-0.25, -0.2) is 4.39 Å². The molecule has 0 radical (unpaired) electrons. The number of unbranched alkanes of at least 4 members (excludes halogenated alkanes) is 1. The van der Waals surface area contributed by atoms with E-state index in [0.29, 0.717) is 12.8 Å². The number of benzene rings is 2. The molecule has 0 bridgehead atoms. The van der Waals surface area contributed by atoms with Crippen molar-refractivity contribution in [2.45, 2.75) is 57.5 Å². The van der Waals surface area contributed by atoms with E-state index in [4.69, 9.17) is 0 Å². The van der Waals surface area contributed by atoms with Gasteiger partial charge in [-0.2, -0.15) is 0 Å². The van der Waals surface area contributed by atoms with Crippen LogP contribution in [-0.2, 0) is 5.41 Å². The van der Waals surface area contributed by atoms with Crippen LogP contribution in [0.15, 0.2) is 48.5 Å². The Morgan fingerprint density at radius 1 is 0.875 bits per heavy atom. The number of rotatable bonds is 8. The second kappa shape index (κ2) is 8.18. The quantitative estimate of drug-likeness (QED) is 0.650. The normalized spacial score (nSPS) is 13.0. The summed E-state index contributed by atoms with van der Waals surface area (Å²) < 4.78 is 14.5. The smallest absolute Gasteiger partial charge is 0.115 e. The van der Waals surface area contributed by atoms with Crippen LogP contribution in [0.25, 0.3) is 0 Å². The SMILES string of the molecule is CCCCC(CC(F)CC)(c1ccc(O)cc1)c1ccc(O)cc1. The van der Waals surface area contributed by atoms with E-state index in [2.05, 4.69) is 6.92 Å².